The van der Waals surface area contributed by atoms with E-state index in [1.165, 1.54) is 19.2 Å². The predicted octanol–water partition coefficient (Wildman–Crippen LogP) is 2.91. The van der Waals surface area contributed by atoms with Crippen molar-refractivity contribution in [1.82, 2.24) is 4.98 Å². The highest BCUT2D eigenvalue weighted by atomic mass is 19.1. The molecule has 0 spiro atoms. The van der Waals surface area contributed by atoms with Crippen LogP contribution in [-0.4, -0.2) is 12.1 Å². The number of aromatic nitrogens is 1. The van der Waals surface area contributed by atoms with Gasteiger partial charge >= 0.3 is 0 Å². The van der Waals surface area contributed by atoms with Crippen molar-refractivity contribution in [3.05, 3.63) is 41.7 Å². The van der Waals surface area contributed by atoms with E-state index >= 15 is 0 Å². The maximum Gasteiger partial charge on any atom is 0.246 e. The highest BCUT2D eigenvalue weighted by Gasteiger charge is 2.09. The fourth-order valence-electron chi connectivity index (χ4n) is 1.42. The Morgan fingerprint density at radius 2 is 2.00 bits per heavy atom. The zero-order chi connectivity index (χ0) is 13.1. The quantitative estimate of drug-likeness (QED) is 0.907. The summed E-state index contributed by atoms with van der Waals surface area (Å²) >= 11 is 0. The Bertz CT molecular complexity index is 573. The van der Waals surface area contributed by atoms with Gasteiger partial charge in [0, 0.05) is 12.1 Å². The van der Waals surface area contributed by atoms with Gasteiger partial charge in [-0.2, -0.15) is 4.98 Å². The molecule has 0 aliphatic rings. The van der Waals surface area contributed by atoms with Crippen LogP contribution in [0.2, 0.25) is 0 Å². The van der Waals surface area contributed by atoms with Gasteiger partial charge in [0.1, 0.15) is 11.6 Å². The van der Waals surface area contributed by atoms with Gasteiger partial charge in [0.2, 0.25) is 11.8 Å². The number of hydrogen-bond acceptors (Lipinski definition) is 4. The lowest BCUT2D eigenvalue weighted by Gasteiger charge is -2.10. The summed E-state index contributed by atoms with van der Waals surface area (Å²) in [5, 5.41) is 0. The van der Waals surface area contributed by atoms with Gasteiger partial charge in [-0.15, -0.1) is 0 Å². The van der Waals surface area contributed by atoms with Crippen molar-refractivity contribution in [3.63, 3.8) is 0 Å². The van der Waals surface area contributed by atoms with Crippen LogP contribution < -0.4 is 15.2 Å². The van der Waals surface area contributed by atoms with Crippen molar-refractivity contribution >= 4 is 5.69 Å². The first-order valence-corrected chi connectivity index (χ1v) is 5.34. The van der Waals surface area contributed by atoms with Crippen LogP contribution in [0.3, 0.4) is 0 Å². The first kappa shape index (κ1) is 12.2. The summed E-state index contributed by atoms with van der Waals surface area (Å²) < 4.78 is 23.6. The predicted molar refractivity (Wildman–Crippen MR) is 66.4 cm³/mol. The minimum absolute atomic E-state index is 0.197. The average molecular weight is 248 g/mol. The number of nitrogens with two attached hydrogens (primary N) is 1. The first-order chi connectivity index (χ1) is 8.60. The molecule has 0 saturated carbocycles. The van der Waals surface area contributed by atoms with Gasteiger partial charge < -0.3 is 15.2 Å². The third-order valence-corrected chi connectivity index (χ3v) is 2.43. The van der Waals surface area contributed by atoms with E-state index in [1.54, 1.807) is 18.2 Å². The van der Waals surface area contributed by atoms with Crippen molar-refractivity contribution in [2.45, 2.75) is 6.92 Å². The molecule has 0 amide bonds. The summed E-state index contributed by atoms with van der Waals surface area (Å²) in [6.45, 7) is 1.81. The van der Waals surface area contributed by atoms with Crippen LogP contribution >= 0.6 is 0 Å². The van der Waals surface area contributed by atoms with E-state index < -0.39 is 0 Å². The maximum absolute atomic E-state index is 13.1. The molecule has 18 heavy (non-hydrogen) atoms. The summed E-state index contributed by atoms with van der Waals surface area (Å²) in [7, 11) is 1.50. The molecule has 1 heterocycles. The van der Waals surface area contributed by atoms with Crippen LogP contribution in [0.1, 0.15) is 5.56 Å². The molecule has 1 aromatic heterocycles. The number of nitrogens with zero attached hydrogens (tertiary/aromatic N) is 1. The summed E-state index contributed by atoms with van der Waals surface area (Å²) in [6.07, 6.45) is 0. The standard InChI is InChI=1S/C13H13FN2O2/c1-8-3-4-9(14)7-11(8)18-13-10(15)5-6-12(16-13)17-2/h3-7H,15H2,1-2H3. The molecule has 1 aromatic carbocycles. The van der Waals surface area contributed by atoms with Gasteiger partial charge in [-0.3, -0.25) is 0 Å². The fraction of sp³-hybridized carbons (Fsp3) is 0.154. The minimum atomic E-state index is -0.378. The zero-order valence-corrected chi connectivity index (χ0v) is 10.1. The van der Waals surface area contributed by atoms with Gasteiger partial charge in [0.15, 0.2) is 0 Å². The van der Waals surface area contributed by atoms with Gasteiger partial charge in [-0.25, -0.2) is 4.39 Å². The van der Waals surface area contributed by atoms with E-state index in [9.17, 15) is 4.39 Å². The topological polar surface area (TPSA) is 57.4 Å². The lowest BCUT2D eigenvalue weighted by molar-refractivity contribution is 0.383. The molecule has 0 bridgehead atoms. The second kappa shape index (κ2) is 4.91. The molecule has 0 saturated heterocycles. The van der Waals surface area contributed by atoms with Crippen LogP contribution in [0.4, 0.5) is 10.1 Å². The summed E-state index contributed by atoms with van der Waals surface area (Å²) in [5.74, 6) is 0.579. The van der Waals surface area contributed by atoms with Crippen molar-refractivity contribution in [2.24, 2.45) is 0 Å². The summed E-state index contributed by atoms with van der Waals surface area (Å²) in [6, 6.07) is 7.53. The van der Waals surface area contributed by atoms with Crippen molar-refractivity contribution in [2.75, 3.05) is 12.8 Å². The first-order valence-electron chi connectivity index (χ1n) is 5.34. The number of aryl methyl sites for hydroxylation is 1. The smallest absolute Gasteiger partial charge is 0.246 e. The Morgan fingerprint density at radius 1 is 1.22 bits per heavy atom. The molecule has 2 rings (SSSR count). The highest BCUT2D eigenvalue weighted by Crippen LogP contribution is 2.29. The Hall–Kier alpha value is -2.30. The molecule has 4 nitrogen and oxygen atoms in total. The van der Waals surface area contributed by atoms with Gasteiger partial charge in [0.25, 0.3) is 0 Å². The second-order valence-electron chi connectivity index (χ2n) is 3.76. The van der Waals surface area contributed by atoms with E-state index in [1.807, 2.05) is 6.92 Å². The van der Waals surface area contributed by atoms with E-state index in [4.69, 9.17) is 15.2 Å². The Labute approximate surface area is 104 Å². The molecule has 2 aromatic rings. The van der Waals surface area contributed by atoms with Crippen molar-refractivity contribution in [1.29, 1.82) is 0 Å². The molecule has 0 atom stereocenters. The normalized spacial score (nSPS) is 10.2. The number of benzene rings is 1. The SMILES string of the molecule is COc1ccc(N)c(Oc2cc(F)ccc2C)n1. The molecule has 5 heteroatoms. The van der Waals surface area contributed by atoms with E-state index in [0.717, 1.165) is 5.56 Å². The molecular weight excluding hydrogens is 235 g/mol. The van der Waals surface area contributed by atoms with E-state index in [0.29, 0.717) is 17.3 Å². The van der Waals surface area contributed by atoms with E-state index in [2.05, 4.69) is 4.98 Å². The Kier molecular flexibility index (Phi) is 3.32. The number of ether oxygens (including phenoxy) is 2. The number of pyridine rings is 1. The molecule has 0 aliphatic carbocycles. The van der Waals surface area contributed by atoms with Crippen LogP contribution in [-0.2, 0) is 0 Å². The number of hydrogen-bond donors (Lipinski definition) is 1. The largest absolute Gasteiger partial charge is 0.481 e. The molecule has 94 valence electrons. The maximum atomic E-state index is 13.1. The molecule has 0 unspecified atom stereocenters. The third-order valence-electron chi connectivity index (χ3n) is 2.43. The molecule has 2 N–H and O–H groups in total. The number of nitrogen functional groups attached to an aromatic ring is 1. The van der Waals surface area contributed by atoms with Crippen LogP contribution in [0.5, 0.6) is 17.5 Å². The van der Waals surface area contributed by atoms with Gasteiger partial charge in [0.05, 0.1) is 12.8 Å². The molecule has 0 fully saturated rings. The monoisotopic (exact) mass is 248 g/mol. The number of halogens is 1. The Balaban J connectivity index is 2.36. The number of methoxy groups -OCH3 is 1. The molecule has 0 aliphatic heterocycles. The van der Waals surface area contributed by atoms with Crippen LogP contribution in [0.15, 0.2) is 30.3 Å². The fourth-order valence-corrected chi connectivity index (χ4v) is 1.42. The average Bonchev–Trinajstić information content (AvgIpc) is 2.36. The number of rotatable bonds is 3. The van der Waals surface area contributed by atoms with Crippen LogP contribution in [0, 0.1) is 12.7 Å². The zero-order valence-electron chi connectivity index (χ0n) is 10.1. The van der Waals surface area contributed by atoms with Gasteiger partial charge in [-0.1, -0.05) is 6.07 Å². The third kappa shape index (κ3) is 2.51. The van der Waals surface area contributed by atoms with E-state index in [-0.39, 0.29) is 11.7 Å². The van der Waals surface area contributed by atoms with Crippen molar-refractivity contribution < 1.29 is 13.9 Å². The summed E-state index contributed by atoms with van der Waals surface area (Å²) in [4.78, 5) is 4.06. The van der Waals surface area contributed by atoms with Crippen LogP contribution in [0.25, 0.3) is 0 Å². The highest BCUT2D eigenvalue weighted by molar-refractivity contribution is 5.51. The second-order valence-corrected chi connectivity index (χ2v) is 3.76. The lowest BCUT2D eigenvalue weighted by Crippen LogP contribution is -1.98. The van der Waals surface area contributed by atoms with Crippen molar-refractivity contribution in [3.8, 4) is 17.5 Å². The summed E-state index contributed by atoms with van der Waals surface area (Å²) in [5.41, 5.74) is 6.90. The Morgan fingerprint density at radius 3 is 2.72 bits per heavy atom. The minimum Gasteiger partial charge on any atom is -0.481 e. The lowest BCUT2D eigenvalue weighted by atomic mass is 10.2. The molecule has 0 radical (unpaired) electrons. The van der Waals surface area contributed by atoms with Gasteiger partial charge in [-0.05, 0) is 24.6 Å². The molecular formula is C13H13FN2O2. The number of anilines is 1.